The molecule has 0 aromatic carbocycles. The van der Waals surface area contributed by atoms with Crippen molar-refractivity contribution in [3.05, 3.63) is 23.5 Å². The molecule has 1 heterocycles. The third-order valence-electron chi connectivity index (χ3n) is 2.15. The number of nitrogens with zero attached hydrogens (tertiary/aromatic N) is 2. The van der Waals surface area contributed by atoms with Crippen LogP contribution >= 0.6 is 0 Å². The molecule has 1 rings (SSSR count). The minimum Gasteiger partial charge on any atom is -0.264 e. The smallest absolute Gasteiger partial charge is 0.0478 e. The van der Waals surface area contributed by atoms with Crippen LogP contribution in [0.2, 0.25) is 0 Å². The number of allylic oxidation sites excluding steroid dienone is 3. The summed E-state index contributed by atoms with van der Waals surface area (Å²) in [6.45, 7) is 8.66. The summed E-state index contributed by atoms with van der Waals surface area (Å²) in [7, 11) is 0. The van der Waals surface area contributed by atoms with Gasteiger partial charge in [-0.15, -0.1) is 0 Å². The molecule has 0 fully saturated rings. The van der Waals surface area contributed by atoms with E-state index >= 15 is 0 Å². The molecule has 0 atom stereocenters. The molecule has 0 amide bonds. The summed E-state index contributed by atoms with van der Waals surface area (Å²) in [5, 5.41) is 0. The second-order valence-corrected chi connectivity index (χ2v) is 4.05. The highest BCUT2D eigenvalue weighted by molar-refractivity contribution is 5.83. The maximum atomic E-state index is 4.46. The van der Waals surface area contributed by atoms with Crippen molar-refractivity contribution in [2.75, 3.05) is 0 Å². The van der Waals surface area contributed by atoms with Crippen LogP contribution in [0.4, 0.5) is 0 Å². The highest BCUT2D eigenvalue weighted by Gasteiger charge is 2.11. The van der Waals surface area contributed by atoms with E-state index in [0.29, 0.717) is 11.8 Å². The van der Waals surface area contributed by atoms with Crippen molar-refractivity contribution in [1.29, 1.82) is 0 Å². The molecule has 0 bridgehead atoms. The van der Waals surface area contributed by atoms with E-state index in [-0.39, 0.29) is 0 Å². The first-order valence-electron chi connectivity index (χ1n) is 5.09. The van der Waals surface area contributed by atoms with Gasteiger partial charge >= 0.3 is 0 Å². The van der Waals surface area contributed by atoms with Gasteiger partial charge in [-0.25, -0.2) is 0 Å². The average Bonchev–Trinajstić information content (AvgIpc) is 2.01. The van der Waals surface area contributed by atoms with Gasteiger partial charge in [0.25, 0.3) is 0 Å². The number of hydrogen-bond acceptors (Lipinski definition) is 2. The number of aliphatic imine (C=N–C) groups is 2. The Labute approximate surface area is 86.2 Å². The van der Waals surface area contributed by atoms with Crippen molar-refractivity contribution >= 4 is 12.4 Å². The van der Waals surface area contributed by atoms with Crippen LogP contribution in [0.25, 0.3) is 0 Å². The molecular formula is C12H18N2. The van der Waals surface area contributed by atoms with Gasteiger partial charge < -0.3 is 0 Å². The van der Waals surface area contributed by atoms with Crippen LogP contribution in [0.15, 0.2) is 33.5 Å². The Balaban J connectivity index is 3.13. The zero-order valence-corrected chi connectivity index (χ0v) is 9.36. The van der Waals surface area contributed by atoms with E-state index in [4.69, 9.17) is 0 Å². The predicted molar refractivity (Wildman–Crippen MR) is 62.8 cm³/mol. The molecule has 1 aliphatic heterocycles. The fraction of sp³-hybridized carbons (Fsp3) is 0.500. The van der Waals surface area contributed by atoms with Crippen molar-refractivity contribution in [3.63, 3.8) is 0 Å². The lowest BCUT2D eigenvalue weighted by Gasteiger charge is -2.14. The third kappa shape index (κ3) is 2.66. The second-order valence-electron chi connectivity index (χ2n) is 4.05. The first-order valence-corrected chi connectivity index (χ1v) is 5.09. The standard InChI is InChI=1S/C12H18N2/c1-9(2)11-8-13-6-5-7-14-12(11)10(3)4/h5-10H,1-4H3/b6-5-,7-5?,11-8?,12-11+,13-6?,13-8+,14-7+,14-12?. The predicted octanol–water partition coefficient (Wildman–Crippen LogP) is 3.22. The van der Waals surface area contributed by atoms with Gasteiger partial charge in [0, 0.05) is 24.3 Å². The van der Waals surface area contributed by atoms with E-state index in [1.165, 1.54) is 5.57 Å². The Morgan fingerprint density at radius 1 is 1.07 bits per heavy atom. The molecule has 2 nitrogen and oxygen atoms in total. The van der Waals surface area contributed by atoms with Gasteiger partial charge in [-0.3, -0.25) is 9.98 Å². The molecule has 0 saturated heterocycles. The normalized spacial score (nSPS) is 28.7. The van der Waals surface area contributed by atoms with Gasteiger partial charge in [-0.2, -0.15) is 0 Å². The Morgan fingerprint density at radius 3 is 2.36 bits per heavy atom. The van der Waals surface area contributed by atoms with E-state index in [1.54, 1.807) is 6.20 Å². The summed E-state index contributed by atoms with van der Waals surface area (Å²) in [4.78, 5) is 8.67. The molecule has 2 heteroatoms. The Morgan fingerprint density at radius 2 is 1.79 bits per heavy atom. The Hall–Kier alpha value is -1.18. The zero-order chi connectivity index (χ0) is 10.6. The molecule has 0 saturated carbocycles. The molecule has 76 valence electrons. The van der Waals surface area contributed by atoms with Gasteiger partial charge in [0.2, 0.25) is 0 Å². The maximum Gasteiger partial charge on any atom is 0.0478 e. The molecule has 1 aliphatic rings. The molecule has 0 radical (unpaired) electrons. The van der Waals surface area contributed by atoms with Crippen molar-refractivity contribution in [2.45, 2.75) is 27.7 Å². The largest absolute Gasteiger partial charge is 0.264 e. The summed E-state index contributed by atoms with van der Waals surface area (Å²) in [6.07, 6.45) is 7.36. The van der Waals surface area contributed by atoms with Crippen molar-refractivity contribution in [3.8, 4) is 0 Å². The van der Waals surface area contributed by atoms with Gasteiger partial charge in [-0.05, 0) is 23.5 Å². The topological polar surface area (TPSA) is 24.7 Å². The highest BCUT2D eigenvalue weighted by atomic mass is 14.8. The monoisotopic (exact) mass is 190 g/mol. The molecule has 0 unspecified atom stereocenters. The van der Waals surface area contributed by atoms with Gasteiger partial charge in [0.15, 0.2) is 0 Å². The van der Waals surface area contributed by atoms with Crippen LogP contribution in [0, 0.1) is 11.8 Å². The van der Waals surface area contributed by atoms with Crippen LogP contribution < -0.4 is 0 Å². The van der Waals surface area contributed by atoms with Crippen LogP contribution in [-0.4, -0.2) is 12.4 Å². The van der Waals surface area contributed by atoms with Crippen molar-refractivity contribution < 1.29 is 0 Å². The minimum atomic E-state index is 0.446. The summed E-state index contributed by atoms with van der Waals surface area (Å²) >= 11 is 0. The summed E-state index contributed by atoms with van der Waals surface area (Å²) < 4.78 is 0. The molecular weight excluding hydrogens is 172 g/mol. The summed E-state index contributed by atoms with van der Waals surface area (Å²) in [5.41, 5.74) is 2.38. The van der Waals surface area contributed by atoms with Crippen LogP contribution in [0.1, 0.15) is 27.7 Å². The van der Waals surface area contributed by atoms with Gasteiger partial charge in [0.05, 0.1) is 0 Å². The molecule has 14 heavy (non-hydrogen) atoms. The quantitative estimate of drug-likeness (QED) is 0.638. The fourth-order valence-corrected chi connectivity index (χ4v) is 1.40. The zero-order valence-electron chi connectivity index (χ0n) is 9.36. The maximum absolute atomic E-state index is 4.46. The molecule has 0 aromatic rings. The van der Waals surface area contributed by atoms with Crippen molar-refractivity contribution in [1.82, 2.24) is 0 Å². The van der Waals surface area contributed by atoms with Crippen LogP contribution in [-0.2, 0) is 0 Å². The van der Waals surface area contributed by atoms with E-state index in [9.17, 15) is 0 Å². The second kappa shape index (κ2) is 4.89. The van der Waals surface area contributed by atoms with Crippen molar-refractivity contribution in [2.24, 2.45) is 21.8 Å². The molecule has 0 aliphatic carbocycles. The minimum absolute atomic E-state index is 0.446. The van der Waals surface area contributed by atoms with E-state index in [0.717, 1.165) is 5.70 Å². The first kappa shape index (κ1) is 10.9. The average molecular weight is 190 g/mol. The third-order valence-corrected chi connectivity index (χ3v) is 2.15. The Kier molecular flexibility index (Phi) is 3.81. The van der Waals surface area contributed by atoms with E-state index in [1.807, 2.05) is 18.5 Å². The number of rotatable bonds is 2. The van der Waals surface area contributed by atoms with E-state index < -0.39 is 0 Å². The summed E-state index contributed by atoms with van der Waals surface area (Å²) in [5.74, 6) is 0.918. The fourth-order valence-electron chi connectivity index (χ4n) is 1.40. The van der Waals surface area contributed by atoms with Crippen LogP contribution in [0.3, 0.4) is 0 Å². The van der Waals surface area contributed by atoms with E-state index in [2.05, 4.69) is 37.7 Å². The Bertz CT molecular complexity index is 274. The first-order chi connectivity index (χ1) is 6.63. The SMILES string of the molecule is CC(C)C1=C(C(C)C)/N=C/C=C\N=C\1. The lowest BCUT2D eigenvalue weighted by molar-refractivity contribution is 0.708. The van der Waals surface area contributed by atoms with Gasteiger partial charge in [-0.1, -0.05) is 27.7 Å². The lowest BCUT2D eigenvalue weighted by atomic mass is 9.96. The van der Waals surface area contributed by atoms with Gasteiger partial charge in [0.1, 0.15) is 0 Å². The molecule has 0 spiro atoms. The molecule has 0 N–H and O–H groups in total. The lowest BCUT2D eigenvalue weighted by Crippen LogP contribution is -2.05. The molecule has 0 aromatic heterocycles. The summed E-state index contributed by atoms with van der Waals surface area (Å²) in [6, 6.07) is 0. The van der Waals surface area contributed by atoms with Crippen LogP contribution in [0.5, 0.6) is 0 Å². The number of hydrogen-bond donors (Lipinski definition) is 0. The highest BCUT2D eigenvalue weighted by Crippen LogP contribution is 2.21.